The van der Waals surface area contributed by atoms with Gasteiger partial charge in [0.15, 0.2) is 0 Å². The normalized spacial score (nSPS) is 10.9. The van der Waals surface area contributed by atoms with Crippen molar-refractivity contribution in [2.24, 2.45) is 0 Å². The van der Waals surface area contributed by atoms with Gasteiger partial charge in [0.05, 0.1) is 11.1 Å². The minimum absolute atomic E-state index is 0.262. The van der Waals surface area contributed by atoms with Crippen LogP contribution in [0.3, 0.4) is 0 Å². The molecule has 0 saturated carbocycles. The second-order valence-electron chi connectivity index (χ2n) is 5.60. The zero-order valence-electron chi connectivity index (χ0n) is 12.9. The zero-order chi connectivity index (χ0) is 17.4. The summed E-state index contributed by atoms with van der Waals surface area (Å²) in [5, 5.41) is 12.3. The van der Waals surface area contributed by atoms with Gasteiger partial charge in [-0.1, -0.05) is 23.7 Å². The first kappa shape index (κ1) is 15.4. The number of benzene rings is 3. The van der Waals surface area contributed by atoms with Crippen LogP contribution in [0.15, 0.2) is 66.9 Å². The van der Waals surface area contributed by atoms with E-state index < -0.39 is 5.97 Å². The molecule has 0 unspecified atom stereocenters. The number of aromatic nitrogens is 1. The molecule has 1 N–H and O–H groups in total. The number of carbonyl (C=O) groups is 1. The second kappa shape index (κ2) is 6.07. The van der Waals surface area contributed by atoms with Gasteiger partial charge in [0, 0.05) is 16.6 Å². The quantitative estimate of drug-likeness (QED) is 0.528. The van der Waals surface area contributed by atoms with Gasteiger partial charge in [-0.2, -0.15) is 0 Å². The number of nitrogens with zero attached hydrogens (tertiary/aromatic N) is 1. The van der Waals surface area contributed by atoms with Crippen molar-refractivity contribution in [1.82, 2.24) is 4.98 Å². The van der Waals surface area contributed by atoms with E-state index >= 15 is 0 Å². The number of carboxylic acids is 1. The smallest absolute Gasteiger partial charge is 0.335 e. The summed E-state index contributed by atoms with van der Waals surface area (Å²) in [5.74, 6) is 0.408. The summed E-state index contributed by atoms with van der Waals surface area (Å²) in [7, 11) is 0. The van der Waals surface area contributed by atoms with Gasteiger partial charge in [0.25, 0.3) is 0 Å². The molecule has 0 atom stereocenters. The molecule has 4 rings (SSSR count). The molecule has 0 saturated heterocycles. The van der Waals surface area contributed by atoms with E-state index in [4.69, 9.17) is 21.4 Å². The fourth-order valence-electron chi connectivity index (χ4n) is 2.73. The molecule has 0 aliphatic rings. The molecule has 0 aliphatic carbocycles. The van der Waals surface area contributed by atoms with E-state index in [1.54, 1.807) is 42.6 Å². The van der Waals surface area contributed by atoms with Crippen LogP contribution in [0, 0.1) is 0 Å². The van der Waals surface area contributed by atoms with Crippen LogP contribution in [0.5, 0.6) is 11.5 Å². The van der Waals surface area contributed by atoms with E-state index in [9.17, 15) is 4.79 Å². The highest BCUT2D eigenvalue weighted by Gasteiger charge is 2.07. The van der Waals surface area contributed by atoms with Gasteiger partial charge >= 0.3 is 5.97 Å². The molecule has 1 aromatic heterocycles. The number of ether oxygens (including phenoxy) is 1. The lowest BCUT2D eigenvalue weighted by Gasteiger charge is -2.10. The largest absolute Gasteiger partial charge is 0.478 e. The maximum Gasteiger partial charge on any atom is 0.335 e. The van der Waals surface area contributed by atoms with Crippen molar-refractivity contribution in [3.8, 4) is 11.5 Å². The number of hydrogen-bond acceptors (Lipinski definition) is 3. The van der Waals surface area contributed by atoms with Gasteiger partial charge in [-0.3, -0.25) is 4.98 Å². The molecule has 122 valence electrons. The molecule has 0 spiro atoms. The van der Waals surface area contributed by atoms with Crippen molar-refractivity contribution in [1.29, 1.82) is 0 Å². The minimum atomic E-state index is -0.941. The van der Waals surface area contributed by atoms with Crippen LogP contribution in [-0.2, 0) is 0 Å². The Morgan fingerprint density at radius 2 is 1.76 bits per heavy atom. The lowest BCUT2D eigenvalue weighted by Crippen LogP contribution is -1.95. The Hall–Kier alpha value is -3.11. The molecule has 0 amide bonds. The monoisotopic (exact) mass is 349 g/mol. The lowest BCUT2D eigenvalue weighted by molar-refractivity contribution is 0.0697. The second-order valence-corrected chi connectivity index (χ2v) is 6.04. The predicted octanol–water partition coefficient (Wildman–Crippen LogP) is 5.53. The van der Waals surface area contributed by atoms with Crippen LogP contribution >= 0.6 is 11.6 Å². The average Bonchev–Trinajstić information content (AvgIpc) is 2.61. The molecule has 1 heterocycles. The molecular weight excluding hydrogens is 338 g/mol. The van der Waals surface area contributed by atoms with E-state index in [2.05, 4.69) is 4.98 Å². The molecule has 0 fully saturated rings. The Morgan fingerprint density at radius 1 is 0.960 bits per heavy atom. The maximum atomic E-state index is 11.1. The van der Waals surface area contributed by atoms with Crippen molar-refractivity contribution in [3.05, 3.63) is 77.4 Å². The number of halogens is 1. The summed E-state index contributed by atoms with van der Waals surface area (Å²) in [6, 6.07) is 17.8. The Bertz CT molecular complexity index is 1120. The van der Waals surface area contributed by atoms with Crippen LogP contribution in [0.4, 0.5) is 0 Å². The number of pyridine rings is 1. The number of rotatable bonds is 3. The summed E-state index contributed by atoms with van der Waals surface area (Å²) < 4.78 is 6.02. The van der Waals surface area contributed by atoms with Crippen molar-refractivity contribution in [3.63, 3.8) is 0 Å². The van der Waals surface area contributed by atoms with Gasteiger partial charge in [-0.25, -0.2) is 4.79 Å². The van der Waals surface area contributed by atoms with Crippen LogP contribution in [0.2, 0.25) is 5.02 Å². The van der Waals surface area contributed by atoms with Crippen molar-refractivity contribution >= 4 is 39.2 Å². The minimum Gasteiger partial charge on any atom is -0.478 e. The third kappa shape index (κ3) is 2.99. The molecule has 0 radical (unpaired) electrons. The average molecular weight is 350 g/mol. The first-order chi connectivity index (χ1) is 12.1. The van der Waals surface area contributed by atoms with E-state index in [-0.39, 0.29) is 5.56 Å². The summed E-state index contributed by atoms with van der Waals surface area (Å²) >= 11 is 6.01. The zero-order valence-corrected chi connectivity index (χ0v) is 13.7. The fraction of sp³-hybridized carbons (Fsp3) is 0. The Balaban J connectivity index is 1.73. The van der Waals surface area contributed by atoms with Crippen molar-refractivity contribution < 1.29 is 14.6 Å². The Morgan fingerprint density at radius 3 is 2.60 bits per heavy atom. The van der Waals surface area contributed by atoms with E-state index in [1.807, 2.05) is 24.3 Å². The molecule has 4 aromatic rings. The van der Waals surface area contributed by atoms with Gasteiger partial charge in [-0.15, -0.1) is 0 Å². The number of hydrogen-bond donors (Lipinski definition) is 1. The van der Waals surface area contributed by atoms with Crippen LogP contribution in [0.25, 0.3) is 21.7 Å². The molecule has 0 aliphatic heterocycles. The maximum absolute atomic E-state index is 11.1. The van der Waals surface area contributed by atoms with Crippen LogP contribution < -0.4 is 4.74 Å². The van der Waals surface area contributed by atoms with Gasteiger partial charge in [0.1, 0.15) is 11.5 Å². The van der Waals surface area contributed by atoms with Gasteiger partial charge < -0.3 is 9.84 Å². The highest BCUT2D eigenvalue weighted by molar-refractivity contribution is 6.31. The lowest BCUT2D eigenvalue weighted by atomic mass is 10.1. The third-order valence-corrected chi connectivity index (χ3v) is 4.19. The summed E-state index contributed by atoms with van der Waals surface area (Å²) in [6.45, 7) is 0. The van der Waals surface area contributed by atoms with E-state index in [0.717, 1.165) is 21.7 Å². The van der Waals surface area contributed by atoms with Gasteiger partial charge in [0.2, 0.25) is 0 Å². The molecule has 3 aromatic carbocycles. The SMILES string of the molecule is O=C(O)c1ccc2cc(Oc3ccnc4cc(Cl)ccc34)ccc2c1. The van der Waals surface area contributed by atoms with E-state index in [1.165, 1.54) is 0 Å². The Kier molecular flexibility index (Phi) is 3.75. The first-order valence-corrected chi connectivity index (χ1v) is 7.97. The molecule has 5 heteroatoms. The van der Waals surface area contributed by atoms with Gasteiger partial charge in [-0.05, 0) is 59.3 Å². The van der Waals surface area contributed by atoms with Crippen molar-refractivity contribution in [2.75, 3.05) is 0 Å². The third-order valence-electron chi connectivity index (χ3n) is 3.95. The summed E-state index contributed by atoms with van der Waals surface area (Å²) in [4.78, 5) is 15.4. The van der Waals surface area contributed by atoms with Crippen molar-refractivity contribution in [2.45, 2.75) is 0 Å². The Labute approximate surface area is 148 Å². The number of carboxylic acid groups (broad SMARTS) is 1. The fourth-order valence-corrected chi connectivity index (χ4v) is 2.90. The standard InChI is InChI=1S/C20H12ClNO3/c21-15-4-6-17-18(11-15)22-8-7-19(17)25-16-5-3-12-9-14(20(23)24)2-1-13(12)10-16/h1-11H,(H,23,24). The predicted molar refractivity (Wildman–Crippen MR) is 97.7 cm³/mol. The highest BCUT2D eigenvalue weighted by atomic mass is 35.5. The summed E-state index contributed by atoms with van der Waals surface area (Å²) in [5.41, 5.74) is 1.02. The number of fused-ring (bicyclic) bond motifs is 2. The van der Waals surface area contributed by atoms with Crippen LogP contribution in [0.1, 0.15) is 10.4 Å². The van der Waals surface area contributed by atoms with Crippen LogP contribution in [-0.4, -0.2) is 16.1 Å². The number of aromatic carboxylic acids is 1. The molecular formula is C20H12ClNO3. The summed E-state index contributed by atoms with van der Waals surface area (Å²) in [6.07, 6.45) is 1.67. The molecule has 25 heavy (non-hydrogen) atoms. The van der Waals surface area contributed by atoms with E-state index in [0.29, 0.717) is 16.5 Å². The topological polar surface area (TPSA) is 59.4 Å². The molecule has 0 bridgehead atoms. The highest BCUT2D eigenvalue weighted by Crippen LogP contribution is 2.31. The first-order valence-electron chi connectivity index (χ1n) is 7.59. The molecule has 4 nitrogen and oxygen atoms in total.